The molecule has 2 rings (SSSR count). The van der Waals surface area contributed by atoms with Crippen LogP contribution in [0, 0.1) is 5.41 Å². The fourth-order valence-corrected chi connectivity index (χ4v) is 2.75. The zero-order valence-corrected chi connectivity index (χ0v) is 11.8. The molecule has 0 atom stereocenters. The molecule has 4 heteroatoms. The Hall–Kier alpha value is -0.970. The Kier molecular flexibility index (Phi) is 5.31. The average molecular weight is 263 g/mol. The summed E-state index contributed by atoms with van der Waals surface area (Å²) in [5, 5.41) is 0. The Bertz CT molecular complexity index is 363. The van der Waals surface area contributed by atoms with Crippen molar-refractivity contribution in [3.63, 3.8) is 0 Å². The van der Waals surface area contributed by atoms with Crippen molar-refractivity contribution in [3.05, 3.63) is 30.1 Å². The Balaban J connectivity index is 1.81. The molecule has 1 aliphatic heterocycles. The Morgan fingerprint density at radius 1 is 1.32 bits per heavy atom. The molecular weight excluding hydrogens is 238 g/mol. The van der Waals surface area contributed by atoms with Crippen LogP contribution >= 0.6 is 0 Å². The molecule has 1 aliphatic rings. The molecule has 0 amide bonds. The van der Waals surface area contributed by atoms with Crippen molar-refractivity contribution in [1.29, 1.82) is 0 Å². The molecule has 1 aromatic heterocycles. The summed E-state index contributed by atoms with van der Waals surface area (Å²) in [6.07, 6.45) is 6.95. The number of ether oxygens (including phenoxy) is 1. The summed E-state index contributed by atoms with van der Waals surface area (Å²) < 4.78 is 5.46. The van der Waals surface area contributed by atoms with Crippen LogP contribution in [-0.2, 0) is 11.2 Å². The SMILES string of the molecule is CN(CCc1ccncc1)CC1(CN)CCOCC1. The van der Waals surface area contributed by atoms with E-state index < -0.39 is 0 Å². The van der Waals surface area contributed by atoms with E-state index in [9.17, 15) is 0 Å². The van der Waals surface area contributed by atoms with Crippen molar-refractivity contribution in [1.82, 2.24) is 9.88 Å². The minimum Gasteiger partial charge on any atom is -0.381 e. The molecule has 4 nitrogen and oxygen atoms in total. The van der Waals surface area contributed by atoms with E-state index in [0.29, 0.717) is 0 Å². The highest BCUT2D eigenvalue weighted by molar-refractivity contribution is 5.09. The number of pyridine rings is 1. The van der Waals surface area contributed by atoms with Gasteiger partial charge < -0.3 is 15.4 Å². The van der Waals surface area contributed by atoms with E-state index in [1.165, 1.54) is 5.56 Å². The van der Waals surface area contributed by atoms with Crippen molar-refractivity contribution in [3.8, 4) is 0 Å². The van der Waals surface area contributed by atoms with Crippen molar-refractivity contribution in [2.45, 2.75) is 19.3 Å². The van der Waals surface area contributed by atoms with Gasteiger partial charge in [0.15, 0.2) is 0 Å². The standard InChI is InChI=1S/C15H25N3O/c1-18(9-4-14-2-7-17-8-3-14)13-15(12-16)5-10-19-11-6-15/h2-3,7-8H,4-6,9-13,16H2,1H3. The van der Waals surface area contributed by atoms with E-state index in [-0.39, 0.29) is 5.41 Å². The number of hydrogen-bond acceptors (Lipinski definition) is 4. The fraction of sp³-hybridized carbons (Fsp3) is 0.667. The van der Waals surface area contributed by atoms with Gasteiger partial charge >= 0.3 is 0 Å². The number of likely N-dealkylation sites (N-methyl/N-ethyl adjacent to an activating group) is 1. The monoisotopic (exact) mass is 263 g/mol. The van der Waals surface area contributed by atoms with Crippen LogP contribution in [0.2, 0.25) is 0 Å². The lowest BCUT2D eigenvalue weighted by atomic mass is 9.80. The van der Waals surface area contributed by atoms with Crippen molar-refractivity contribution >= 4 is 0 Å². The van der Waals surface area contributed by atoms with Crippen LogP contribution in [0.4, 0.5) is 0 Å². The molecule has 0 aliphatic carbocycles. The maximum atomic E-state index is 6.00. The minimum atomic E-state index is 0.255. The van der Waals surface area contributed by atoms with Crippen LogP contribution in [0.1, 0.15) is 18.4 Å². The van der Waals surface area contributed by atoms with Crippen LogP contribution in [0.15, 0.2) is 24.5 Å². The quantitative estimate of drug-likeness (QED) is 0.841. The van der Waals surface area contributed by atoms with Crippen molar-refractivity contribution < 1.29 is 4.74 Å². The van der Waals surface area contributed by atoms with Gasteiger partial charge in [0.2, 0.25) is 0 Å². The van der Waals surface area contributed by atoms with Gasteiger partial charge in [-0.3, -0.25) is 4.98 Å². The van der Waals surface area contributed by atoms with Crippen molar-refractivity contribution in [2.24, 2.45) is 11.1 Å². The van der Waals surface area contributed by atoms with Gasteiger partial charge in [0, 0.05) is 38.7 Å². The molecule has 106 valence electrons. The summed E-state index contributed by atoms with van der Waals surface area (Å²) in [6, 6.07) is 4.17. The third-order valence-electron chi connectivity index (χ3n) is 4.12. The summed E-state index contributed by atoms with van der Waals surface area (Å²) in [5.74, 6) is 0. The number of rotatable bonds is 6. The Morgan fingerprint density at radius 2 is 2.00 bits per heavy atom. The Morgan fingerprint density at radius 3 is 2.63 bits per heavy atom. The second kappa shape index (κ2) is 6.98. The third kappa shape index (κ3) is 4.27. The summed E-state index contributed by atoms with van der Waals surface area (Å²) in [4.78, 5) is 6.45. The topological polar surface area (TPSA) is 51.4 Å². The first-order valence-corrected chi connectivity index (χ1v) is 7.09. The van der Waals surface area contributed by atoms with Crippen LogP contribution < -0.4 is 5.73 Å². The summed E-state index contributed by atoms with van der Waals surface area (Å²) >= 11 is 0. The van der Waals surface area contributed by atoms with Gasteiger partial charge in [0.25, 0.3) is 0 Å². The van der Waals surface area contributed by atoms with E-state index in [4.69, 9.17) is 10.5 Å². The van der Waals surface area contributed by atoms with Crippen LogP contribution in [-0.4, -0.2) is 49.8 Å². The molecule has 2 N–H and O–H groups in total. The highest BCUT2D eigenvalue weighted by Gasteiger charge is 2.32. The van der Waals surface area contributed by atoms with Gasteiger partial charge in [-0.25, -0.2) is 0 Å². The molecule has 2 heterocycles. The zero-order chi connectivity index (χ0) is 13.6. The second-order valence-electron chi connectivity index (χ2n) is 5.66. The maximum Gasteiger partial charge on any atom is 0.0472 e. The fourth-order valence-electron chi connectivity index (χ4n) is 2.75. The lowest BCUT2D eigenvalue weighted by Crippen LogP contribution is -2.45. The van der Waals surface area contributed by atoms with Gasteiger partial charge in [-0.05, 0) is 56.0 Å². The highest BCUT2D eigenvalue weighted by atomic mass is 16.5. The summed E-state index contributed by atoms with van der Waals surface area (Å²) in [7, 11) is 2.19. The average Bonchev–Trinajstić information content (AvgIpc) is 2.47. The normalized spacial score (nSPS) is 18.7. The Labute approximate surface area is 116 Å². The molecular formula is C15H25N3O. The molecule has 1 fully saturated rings. The van der Waals surface area contributed by atoms with Gasteiger partial charge in [0.1, 0.15) is 0 Å². The molecule has 1 saturated heterocycles. The van der Waals surface area contributed by atoms with Gasteiger partial charge in [-0.15, -0.1) is 0 Å². The first-order chi connectivity index (χ1) is 9.24. The lowest BCUT2D eigenvalue weighted by molar-refractivity contribution is 0.00388. The minimum absolute atomic E-state index is 0.255. The number of hydrogen-bond donors (Lipinski definition) is 1. The maximum absolute atomic E-state index is 6.00. The molecule has 0 radical (unpaired) electrons. The second-order valence-corrected chi connectivity index (χ2v) is 5.66. The highest BCUT2D eigenvalue weighted by Crippen LogP contribution is 2.29. The van der Waals surface area contributed by atoms with E-state index in [0.717, 1.165) is 52.1 Å². The molecule has 0 spiro atoms. The zero-order valence-electron chi connectivity index (χ0n) is 11.8. The third-order valence-corrected chi connectivity index (χ3v) is 4.12. The molecule has 19 heavy (non-hydrogen) atoms. The van der Waals surface area contributed by atoms with Crippen molar-refractivity contribution in [2.75, 3.05) is 39.9 Å². The van der Waals surface area contributed by atoms with Crippen LogP contribution in [0.5, 0.6) is 0 Å². The molecule has 0 unspecified atom stereocenters. The summed E-state index contributed by atoms with van der Waals surface area (Å²) in [6.45, 7) is 4.60. The van der Waals surface area contributed by atoms with E-state index in [1.54, 1.807) is 0 Å². The van der Waals surface area contributed by atoms with Crippen LogP contribution in [0.25, 0.3) is 0 Å². The first-order valence-electron chi connectivity index (χ1n) is 7.09. The lowest BCUT2D eigenvalue weighted by Gasteiger charge is -2.39. The van der Waals surface area contributed by atoms with E-state index in [2.05, 4.69) is 29.1 Å². The molecule has 0 saturated carbocycles. The van der Waals surface area contributed by atoms with Crippen LogP contribution in [0.3, 0.4) is 0 Å². The van der Waals surface area contributed by atoms with E-state index in [1.807, 2.05) is 12.4 Å². The molecule has 1 aromatic rings. The predicted octanol–water partition coefficient (Wildman–Crippen LogP) is 1.31. The van der Waals surface area contributed by atoms with E-state index >= 15 is 0 Å². The predicted molar refractivity (Wildman–Crippen MR) is 77.0 cm³/mol. The largest absolute Gasteiger partial charge is 0.381 e. The molecule has 0 bridgehead atoms. The van der Waals surface area contributed by atoms with Gasteiger partial charge in [-0.1, -0.05) is 0 Å². The smallest absolute Gasteiger partial charge is 0.0472 e. The molecule has 0 aromatic carbocycles. The number of nitrogens with zero attached hydrogens (tertiary/aromatic N) is 2. The first kappa shape index (κ1) is 14.4. The summed E-state index contributed by atoms with van der Waals surface area (Å²) in [5.41, 5.74) is 7.60. The number of aromatic nitrogens is 1. The number of nitrogens with two attached hydrogens (primary N) is 1. The van der Waals surface area contributed by atoms with Gasteiger partial charge in [-0.2, -0.15) is 0 Å². The van der Waals surface area contributed by atoms with Gasteiger partial charge in [0.05, 0.1) is 0 Å².